The molecule has 4 rings (SSSR count). The summed E-state index contributed by atoms with van der Waals surface area (Å²) in [6, 6.07) is 4.55. The van der Waals surface area contributed by atoms with E-state index in [1.165, 1.54) is 0 Å². The van der Waals surface area contributed by atoms with Gasteiger partial charge in [0.15, 0.2) is 5.82 Å². The van der Waals surface area contributed by atoms with E-state index < -0.39 is 24.7 Å². The van der Waals surface area contributed by atoms with Gasteiger partial charge in [0.25, 0.3) is 0 Å². The summed E-state index contributed by atoms with van der Waals surface area (Å²) in [6.45, 7) is 2.17. The third-order valence-corrected chi connectivity index (χ3v) is 4.82. The van der Waals surface area contributed by atoms with E-state index in [1.54, 1.807) is 55.3 Å². The van der Waals surface area contributed by atoms with E-state index in [4.69, 9.17) is 0 Å². The first-order valence-electron chi connectivity index (χ1n) is 9.35. The van der Waals surface area contributed by atoms with Crippen molar-refractivity contribution in [3.63, 3.8) is 0 Å². The van der Waals surface area contributed by atoms with Crippen LogP contribution in [0.2, 0.25) is 0 Å². The van der Waals surface area contributed by atoms with Crippen molar-refractivity contribution in [1.82, 2.24) is 29.8 Å². The number of pyridine rings is 1. The third-order valence-electron chi connectivity index (χ3n) is 4.82. The van der Waals surface area contributed by atoms with Crippen molar-refractivity contribution in [2.75, 3.05) is 6.54 Å². The number of H-pyrrole nitrogens is 1. The molecule has 0 saturated carbocycles. The summed E-state index contributed by atoms with van der Waals surface area (Å²) in [5, 5.41) is 3.52. The summed E-state index contributed by atoms with van der Waals surface area (Å²) in [5.74, 6) is -0.533. The molecule has 0 aromatic carbocycles. The van der Waals surface area contributed by atoms with E-state index in [9.17, 15) is 18.0 Å². The van der Waals surface area contributed by atoms with Gasteiger partial charge < -0.3 is 14.9 Å². The fourth-order valence-electron chi connectivity index (χ4n) is 3.49. The Labute approximate surface area is 170 Å². The summed E-state index contributed by atoms with van der Waals surface area (Å²) >= 11 is 0. The first-order valence-corrected chi connectivity index (χ1v) is 9.35. The number of hydrogen-bond acceptors (Lipinski definition) is 4. The van der Waals surface area contributed by atoms with Crippen LogP contribution in [0.15, 0.2) is 43.0 Å². The van der Waals surface area contributed by atoms with Gasteiger partial charge in [-0.2, -0.15) is 13.2 Å². The molecule has 0 aliphatic carbocycles. The Kier molecular flexibility index (Phi) is 4.92. The van der Waals surface area contributed by atoms with Gasteiger partial charge in [-0.15, -0.1) is 0 Å². The van der Waals surface area contributed by atoms with Crippen LogP contribution < -0.4 is 5.32 Å². The molecule has 0 fully saturated rings. The maximum Gasteiger partial charge on any atom is 0.405 e. The highest BCUT2D eigenvalue weighted by atomic mass is 19.4. The maximum atomic E-state index is 12.6. The Morgan fingerprint density at radius 1 is 1.27 bits per heavy atom. The molecule has 0 bridgehead atoms. The van der Waals surface area contributed by atoms with Gasteiger partial charge in [-0.05, 0) is 24.1 Å². The number of hydrogen-bond donors (Lipinski definition) is 2. The minimum absolute atomic E-state index is 0. The molecule has 10 heteroatoms. The molecule has 1 amide bonds. The number of carbonyl (C=O) groups is 1. The van der Waals surface area contributed by atoms with Gasteiger partial charge >= 0.3 is 6.18 Å². The monoisotopic (exact) mass is 418 g/mol. The molecular weight excluding hydrogens is 397 g/mol. The van der Waals surface area contributed by atoms with Crippen molar-refractivity contribution in [1.29, 1.82) is 0 Å². The van der Waals surface area contributed by atoms with Gasteiger partial charge in [-0.1, -0.05) is 13.8 Å². The number of halogens is 3. The van der Waals surface area contributed by atoms with E-state index in [2.05, 4.69) is 19.9 Å². The predicted octanol–water partition coefficient (Wildman–Crippen LogP) is 4.10. The van der Waals surface area contributed by atoms with E-state index >= 15 is 0 Å². The van der Waals surface area contributed by atoms with Gasteiger partial charge in [-0.3, -0.25) is 4.79 Å². The average Bonchev–Trinajstić information content (AvgIpc) is 3.32. The maximum absolute atomic E-state index is 12.6. The van der Waals surface area contributed by atoms with E-state index in [-0.39, 0.29) is 7.34 Å². The Balaban J connectivity index is 0.00000272. The molecule has 0 unspecified atom stereocenters. The molecule has 0 saturated heterocycles. The minimum Gasteiger partial charge on any atom is -0.346 e. The second-order valence-corrected chi connectivity index (χ2v) is 7.32. The molecular formula is C20H21F3N6O. The lowest BCUT2D eigenvalue weighted by molar-refractivity contribution is -0.141. The lowest BCUT2D eigenvalue weighted by Gasteiger charge is -2.23. The number of amides is 1. The third kappa shape index (κ3) is 3.72. The van der Waals surface area contributed by atoms with Crippen molar-refractivity contribution in [2.24, 2.45) is 5.92 Å². The Morgan fingerprint density at radius 3 is 2.80 bits per heavy atom. The highest BCUT2D eigenvalue weighted by Gasteiger charge is 2.32. The van der Waals surface area contributed by atoms with Gasteiger partial charge in [0.2, 0.25) is 5.91 Å². The van der Waals surface area contributed by atoms with Crippen LogP contribution in [-0.2, 0) is 4.79 Å². The fraction of sp³-hybridized carbons (Fsp3) is 0.300. The molecule has 0 spiro atoms. The molecule has 158 valence electrons. The Bertz CT molecular complexity index is 1220. The lowest BCUT2D eigenvalue weighted by atomic mass is 10.0. The van der Waals surface area contributed by atoms with E-state index in [0.29, 0.717) is 22.5 Å². The zero-order valence-corrected chi connectivity index (χ0v) is 16.2. The summed E-state index contributed by atoms with van der Waals surface area (Å²) in [6.07, 6.45) is 2.22. The van der Waals surface area contributed by atoms with Crippen molar-refractivity contribution in [2.45, 2.75) is 26.1 Å². The van der Waals surface area contributed by atoms with Crippen LogP contribution in [0.3, 0.4) is 0 Å². The molecule has 4 aromatic heterocycles. The van der Waals surface area contributed by atoms with Crippen molar-refractivity contribution in [3.8, 4) is 11.4 Å². The number of nitrogens with one attached hydrogen (secondary N) is 2. The first kappa shape index (κ1) is 19.9. The zero-order chi connectivity index (χ0) is 21.5. The lowest BCUT2D eigenvalue weighted by Crippen LogP contribution is -2.40. The zero-order valence-electron chi connectivity index (χ0n) is 16.2. The molecule has 30 heavy (non-hydrogen) atoms. The topological polar surface area (TPSA) is 88.5 Å². The molecule has 0 aliphatic rings. The van der Waals surface area contributed by atoms with E-state index in [0.717, 1.165) is 10.9 Å². The quantitative estimate of drug-likeness (QED) is 0.511. The van der Waals surface area contributed by atoms with E-state index in [1.807, 2.05) is 11.4 Å². The number of carbonyl (C=O) groups excluding carboxylic acids is 1. The normalized spacial score (nSPS) is 13.3. The fourth-order valence-corrected chi connectivity index (χ4v) is 3.49. The van der Waals surface area contributed by atoms with Crippen LogP contribution in [-0.4, -0.2) is 43.1 Å². The van der Waals surface area contributed by atoms with Gasteiger partial charge in [0.1, 0.15) is 23.9 Å². The number of rotatable bonds is 5. The van der Waals surface area contributed by atoms with Gasteiger partial charge in [0.05, 0.1) is 0 Å². The number of nitrogens with zero attached hydrogens (tertiary/aromatic N) is 4. The van der Waals surface area contributed by atoms with Crippen LogP contribution in [0.4, 0.5) is 13.2 Å². The summed E-state index contributed by atoms with van der Waals surface area (Å²) < 4.78 is 39.3. The smallest absolute Gasteiger partial charge is 0.346 e. The van der Waals surface area contributed by atoms with Crippen molar-refractivity contribution >= 4 is 28.0 Å². The number of aromatic amines is 1. The van der Waals surface area contributed by atoms with Crippen LogP contribution in [0.1, 0.15) is 21.3 Å². The second-order valence-electron chi connectivity index (χ2n) is 7.32. The standard InChI is InChI=1S/C20H19F3N6O.H2/c1-11(2)15(19(30)27-10-20(21,22)23)29-8-5-12-9-26-17(28-18(12)29)14-4-7-25-16-13(14)3-6-24-16;/h3-9,11,15H,10H2,1-2H3,(H,24,25)(H,27,30);1H/t15-;/m1./s1. The highest BCUT2D eigenvalue weighted by Crippen LogP contribution is 2.28. The number of aromatic nitrogens is 5. The van der Waals surface area contributed by atoms with Crippen LogP contribution in [0, 0.1) is 5.92 Å². The van der Waals surface area contributed by atoms with Crippen LogP contribution in [0.5, 0.6) is 0 Å². The van der Waals surface area contributed by atoms with Gasteiger partial charge in [-0.25, -0.2) is 15.0 Å². The summed E-state index contributed by atoms with van der Waals surface area (Å²) in [7, 11) is 0. The SMILES string of the molecule is CC(C)[C@H](C(=O)NCC(F)(F)F)n1ccc2cnc(-c3ccnc4[nH]ccc34)nc21.[HH]. The Hall–Kier alpha value is -3.43. The Morgan fingerprint density at radius 2 is 2.07 bits per heavy atom. The number of fused-ring (bicyclic) bond motifs is 2. The minimum atomic E-state index is -4.48. The predicted molar refractivity (Wildman–Crippen MR) is 108 cm³/mol. The molecule has 7 nitrogen and oxygen atoms in total. The largest absolute Gasteiger partial charge is 0.405 e. The first-order chi connectivity index (χ1) is 14.2. The van der Waals surface area contributed by atoms with Crippen LogP contribution >= 0.6 is 0 Å². The molecule has 0 aliphatic heterocycles. The second kappa shape index (κ2) is 7.43. The van der Waals surface area contributed by atoms with Crippen LogP contribution in [0.25, 0.3) is 33.5 Å². The molecule has 1 atom stereocenters. The van der Waals surface area contributed by atoms with Crippen molar-refractivity contribution < 1.29 is 19.4 Å². The molecule has 4 aromatic rings. The average molecular weight is 418 g/mol. The summed E-state index contributed by atoms with van der Waals surface area (Å²) in [5.41, 5.74) is 1.93. The van der Waals surface area contributed by atoms with Crippen molar-refractivity contribution in [3.05, 3.63) is 43.0 Å². The molecule has 4 heterocycles. The molecule has 2 N–H and O–H groups in total. The number of alkyl halides is 3. The highest BCUT2D eigenvalue weighted by molar-refractivity contribution is 5.92. The summed E-state index contributed by atoms with van der Waals surface area (Å²) in [4.78, 5) is 28.9. The molecule has 0 radical (unpaired) electrons. The van der Waals surface area contributed by atoms with Gasteiger partial charge in [0, 0.05) is 42.5 Å².